The third-order valence-electron chi connectivity index (χ3n) is 1.30. The van der Waals surface area contributed by atoms with E-state index in [2.05, 4.69) is 4.98 Å². The third-order valence-corrected chi connectivity index (χ3v) is 2.99. The molecule has 76 valence electrons. The predicted octanol–water partition coefficient (Wildman–Crippen LogP) is 2.12. The maximum absolute atomic E-state index is 11.5. The van der Waals surface area contributed by atoms with Crippen molar-refractivity contribution < 1.29 is 14.7 Å². The summed E-state index contributed by atoms with van der Waals surface area (Å²) in [5.41, 5.74) is 1.43. The van der Waals surface area contributed by atoms with Crippen molar-refractivity contribution >= 4 is 34.2 Å². The molecule has 6 heteroatoms. The van der Waals surface area contributed by atoms with Gasteiger partial charge in [0.05, 0.1) is 5.51 Å². The number of carboxylic acids is 1. The largest absolute Gasteiger partial charge is 0.477 e. The molecule has 0 spiro atoms. The Kier molecular flexibility index (Phi) is 3.65. The van der Waals surface area contributed by atoms with Crippen LogP contribution < -0.4 is 0 Å². The summed E-state index contributed by atoms with van der Waals surface area (Å²) in [5, 5.41) is 8.60. The van der Waals surface area contributed by atoms with Gasteiger partial charge in [-0.1, -0.05) is 25.6 Å². The zero-order valence-corrected chi connectivity index (χ0v) is 9.32. The van der Waals surface area contributed by atoms with Crippen LogP contribution in [0.3, 0.4) is 0 Å². The molecule has 1 aromatic heterocycles. The van der Waals surface area contributed by atoms with Gasteiger partial charge in [-0.25, -0.2) is 9.78 Å². The number of thiazole rings is 1. The number of aromatic carboxylic acids is 1. The molecule has 14 heavy (non-hydrogen) atoms. The van der Waals surface area contributed by atoms with Gasteiger partial charge in [0.15, 0.2) is 0 Å². The summed E-state index contributed by atoms with van der Waals surface area (Å²) >= 11 is 2.05. The monoisotopic (exact) mass is 231 g/mol. The standard InChI is InChI=1S/C8H9NO3S2/c1-4(2)14-8(12)5-6(7(10)11)13-3-9-5/h3-4H,1-2H3,(H,10,11). The topological polar surface area (TPSA) is 67.3 Å². The van der Waals surface area contributed by atoms with Gasteiger partial charge in [-0.2, -0.15) is 0 Å². The normalized spacial score (nSPS) is 10.5. The van der Waals surface area contributed by atoms with Gasteiger partial charge >= 0.3 is 5.97 Å². The number of thioether (sulfide) groups is 1. The number of aromatic nitrogens is 1. The molecule has 1 rings (SSSR count). The molecule has 0 aliphatic carbocycles. The minimum absolute atomic E-state index is 0.0168. The molecule has 0 bridgehead atoms. The fourth-order valence-electron chi connectivity index (χ4n) is 0.813. The van der Waals surface area contributed by atoms with Crippen LogP contribution in [0.5, 0.6) is 0 Å². The van der Waals surface area contributed by atoms with Gasteiger partial charge in [-0.15, -0.1) is 11.3 Å². The van der Waals surface area contributed by atoms with Crippen LogP contribution in [-0.4, -0.2) is 26.4 Å². The second-order valence-electron chi connectivity index (χ2n) is 2.79. The lowest BCUT2D eigenvalue weighted by Gasteiger charge is -2.01. The van der Waals surface area contributed by atoms with Crippen LogP contribution in [0.4, 0.5) is 0 Å². The van der Waals surface area contributed by atoms with E-state index in [1.54, 1.807) is 0 Å². The van der Waals surface area contributed by atoms with Crippen molar-refractivity contribution in [2.24, 2.45) is 0 Å². The van der Waals surface area contributed by atoms with Crippen LogP contribution in [-0.2, 0) is 0 Å². The van der Waals surface area contributed by atoms with E-state index in [1.165, 1.54) is 5.51 Å². The molecule has 0 radical (unpaired) electrons. The number of nitrogens with zero attached hydrogens (tertiary/aromatic N) is 1. The van der Waals surface area contributed by atoms with E-state index in [4.69, 9.17) is 5.11 Å². The van der Waals surface area contributed by atoms with Gasteiger partial charge in [0.25, 0.3) is 0 Å². The van der Waals surface area contributed by atoms with Gasteiger partial charge in [-0.3, -0.25) is 4.79 Å². The first-order valence-corrected chi connectivity index (χ1v) is 5.66. The van der Waals surface area contributed by atoms with Crippen LogP contribution in [0, 0.1) is 0 Å². The third kappa shape index (κ3) is 2.55. The van der Waals surface area contributed by atoms with E-state index in [-0.39, 0.29) is 20.9 Å². The first-order chi connectivity index (χ1) is 6.52. The Labute approximate surface area is 89.4 Å². The molecule has 1 N–H and O–H groups in total. The molecule has 0 unspecified atom stereocenters. The average Bonchev–Trinajstić information content (AvgIpc) is 2.49. The Hall–Kier alpha value is -0.880. The SMILES string of the molecule is CC(C)SC(=O)c1ncsc1C(=O)O. The zero-order valence-electron chi connectivity index (χ0n) is 7.68. The van der Waals surface area contributed by atoms with Gasteiger partial charge in [-0.05, 0) is 0 Å². The van der Waals surface area contributed by atoms with E-state index in [0.29, 0.717) is 0 Å². The minimum Gasteiger partial charge on any atom is -0.477 e. The molecule has 0 saturated heterocycles. The van der Waals surface area contributed by atoms with E-state index in [0.717, 1.165) is 23.1 Å². The summed E-state index contributed by atoms with van der Waals surface area (Å²) < 4.78 is 0. The lowest BCUT2D eigenvalue weighted by Crippen LogP contribution is -2.05. The summed E-state index contributed by atoms with van der Waals surface area (Å²) in [5.74, 6) is -1.10. The molecule has 1 heterocycles. The van der Waals surface area contributed by atoms with Crippen molar-refractivity contribution in [3.63, 3.8) is 0 Å². The Morgan fingerprint density at radius 3 is 2.71 bits per heavy atom. The predicted molar refractivity (Wildman–Crippen MR) is 56.1 cm³/mol. The van der Waals surface area contributed by atoms with Crippen molar-refractivity contribution in [2.75, 3.05) is 0 Å². The first-order valence-electron chi connectivity index (χ1n) is 3.90. The van der Waals surface area contributed by atoms with Crippen molar-refractivity contribution in [1.82, 2.24) is 4.98 Å². The fraction of sp³-hybridized carbons (Fsp3) is 0.375. The smallest absolute Gasteiger partial charge is 0.348 e. The number of carbonyl (C=O) groups excluding carboxylic acids is 1. The molecule has 1 aromatic rings. The van der Waals surface area contributed by atoms with Gasteiger partial charge in [0.2, 0.25) is 5.12 Å². The first kappa shape index (κ1) is 11.2. The van der Waals surface area contributed by atoms with Crippen LogP contribution in [0.1, 0.15) is 34.0 Å². The molecule has 0 fully saturated rings. The highest BCUT2D eigenvalue weighted by Gasteiger charge is 2.20. The fourth-order valence-corrected chi connectivity index (χ4v) is 2.19. The maximum Gasteiger partial charge on any atom is 0.348 e. The van der Waals surface area contributed by atoms with Crippen molar-refractivity contribution in [2.45, 2.75) is 19.1 Å². The van der Waals surface area contributed by atoms with Gasteiger partial charge < -0.3 is 5.11 Å². The second kappa shape index (κ2) is 4.56. The highest BCUT2D eigenvalue weighted by Crippen LogP contribution is 2.21. The Bertz CT molecular complexity index is 359. The molecule has 4 nitrogen and oxygen atoms in total. The molecule has 0 amide bonds. The second-order valence-corrected chi connectivity index (χ2v) is 5.19. The highest BCUT2D eigenvalue weighted by atomic mass is 32.2. The Morgan fingerprint density at radius 1 is 1.57 bits per heavy atom. The van der Waals surface area contributed by atoms with Gasteiger partial charge in [0.1, 0.15) is 10.6 Å². The number of carbonyl (C=O) groups is 2. The molecular formula is C8H9NO3S2. The molecule has 0 saturated carbocycles. The maximum atomic E-state index is 11.5. The van der Waals surface area contributed by atoms with Crippen LogP contribution >= 0.6 is 23.1 Å². The van der Waals surface area contributed by atoms with Crippen LogP contribution in [0.15, 0.2) is 5.51 Å². The summed E-state index contributed by atoms with van der Waals surface area (Å²) in [4.78, 5) is 25.9. The molecule has 0 atom stereocenters. The van der Waals surface area contributed by atoms with Crippen molar-refractivity contribution in [3.05, 3.63) is 16.1 Å². The molecule has 0 aromatic carbocycles. The summed E-state index contributed by atoms with van der Waals surface area (Å²) in [7, 11) is 0. The van der Waals surface area contributed by atoms with E-state index >= 15 is 0 Å². The van der Waals surface area contributed by atoms with Crippen molar-refractivity contribution in [3.8, 4) is 0 Å². The van der Waals surface area contributed by atoms with E-state index in [9.17, 15) is 9.59 Å². The number of hydrogen-bond acceptors (Lipinski definition) is 5. The number of hydrogen-bond donors (Lipinski definition) is 1. The Balaban J connectivity index is 2.90. The quantitative estimate of drug-likeness (QED) is 0.863. The van der Waals surface area contributed by atoms with E-state index < -0.39 is 5.97 Å². The molecular weight excluding hydrogens is 222 g/mol. The lowest BCUT2D eigenvalue weighted by atomic mass is 10.4. The number of carboxylic acid groups (broad SMARTS) is 1. The van der Waals surface area contributed by atoms with Crippen LogP contribution in [0.25, 0.3) is 0 Å². The summed E-state index contributed by atoms with van der Waals surface area (Å²) in [6.45, 7) is 3.74. The minimum atomic E-state index is -1.10. The van der Waals surface area contributed by atoms with Crippen molar-refractivity contribution in [1.29, 1.82) is 0 Å². The van der Waals surface area contributed by atoms with Crippen LogP contribution in [0.2, 0.25) is 0 Å². The molecule has 0 aliphatic heterocycles. The average molecular weight is 231 g/mol. The lowest BCUT2D eigenvalue weighted by molar-refractivity contribution is 0.0698. The molecule has 0 aliphatic rings. The summed E-state index contributed by atoms with van der Waals surface area (Å²) in [6, 6.07) is 0. The highest BCUT2D eigenvalue weighted by molar-refractivity contribution is 8.14. The Morgan fingerprint density at radius 2 is 2.21 bits per heavy atom. The zero-order chi connectivity index (χ0) is 10.7. The van der Waals surface area contributed by atoms with Gasteiger partial charge in [0, 0.05) is 5.25 Å². The number of rotatable bonds is 3. The van der Waals surface area contributed by atoms with E-state index in [1.807, 2.05) is 13.8 Å². The summed E-state index contributed by atoms with van der Waals surface area (Å²) in [6.07, 6.45) is 0.